The van der Waals surface area contributed by atoms with Crippen molar-refractivity contribution in [2.75, 3.05) is 12.9 Å². The minimum Gasteiger partial charge on any atom is -0.369 e. The fourth-order valence-corrected chi connectivity index (χ4v) is 5.02. The number of hydrogen-bond donors (Lipinski definition) is 1. The minimum absolute atomic E-state index is 0.0534. The van der Waals surface area contributed by atoms with Crippen LogP contribution in [0.4, 0.5) is 0 Å². The van der Waals surface area contributed by atoms with Crippen LogP contribution in [0.2, 0.25) is 0 Å². The number of ether oxygens (including phenoxy) is 1. The molecule has 4 atom stereocenters. The van der Waals surface area contributed by atoms with E-state index >= 15 is 0 Å². The molecule has 7 heteroatoms. The highest BCUT2D eigenvalue weighted by Crippen LogP contribution is 2.30. The highest BCUT2D eigenvalue weighted by atomic mass is 32.2. The monoisotopic (exact) mass is 341 g/mol. The summed E-state index contributed by atoms with van der Waals surface area (Å²) in [5.74, 6) is 0.942. The maximum atomic E-state index is 11.9. The molecule has 0 bridgehead atoms. The third-order valence-electron chi connectivity index (χ3n) is 5.12. The minimum atomic E-state index is -2.95. The summed E-state index contributed by atoms with van der Waals surface area (Å²) < 4.78 is 31.7. The molecule has 0 spiro atoms. The standard InChI is InChI=1S/C16H27N3O3S/c1-19-9-8-17-16(19)15-14(7-4-10-22-15)18-12-5-3-6-13(11-12)23(2,20)21/h8-9,12-15,18H,3-7,10-11H2,1-2H3/t12-,13+,14-,15-/m0/s1. The van der Waals surface area contributed by atoms with Gasteiger partial charge in [-0.3, -0.25) is 0 Å². The molecular formula is C16H27N3O3S. The van der Waals surface area contributed by atoms with Gasteiger partial charge in [-0.1, -0.05) is 6.42 Å². The molecule has 0 unspecified atom stereocenters. The Labute approximate surface area is 138 Å². The van der Waals surface area contributed by atoms with E-state index in [1.165, 1.54) is 6.26 Å². The second-order valence-electron chi connectivity index (χ2n) is 6.92. The first-order valence-electron chi connectivity index (χ1n) is 8.49. The number of aryl methyl sites for hydroxylation is 1. The number of rotatable bonds is 4. The molecule has 2 fully saturated rings. The Hall–Kier alpha value is -0.920. The van der Waals surface area contributed by atoms with E-state index in [9.17, 15) is 8.42 Å². The Morgan fingerprint density at radius 3 is 2.83 bits per heavy atom. The highest BCUT2D eigenvalue weighted by Gasteiger charge is 2.35. The summed E-state index contributed by atoms with van der Waals surface area (Å²) in [6.45, 7) is 0.756. The van der Waals surface area contributed by atoms with Gasteiger partial charge >= 0.3 is 0 Å². The number of imidazole rings is 1. The lowest BCUT2D eigenvalue weighted by atomic mass is 9.92. The summed E-state index contributed by atoms with van der Waals surface area (Å²) in [6.07, 6.45) is 10.6. The fourth-order valence-electron chi connectivity index (χ4n) is 3.85. The van der Waals surface area contributed by atoms with Crippen molar-refractivity contribution in [1.82, 2.24) is 14.9 Å². The third kappa shape index (κ3) is 3.95. The zero-order valence-electron chi connectivity index (χ0n) is 13.9. The van der Waals surface area contributed by atoms with Gasteiger partial charge in [0.25, 0.3) is 0 Å². The molecule has 1 aliphatic heterocycles. The van der Waals surface area contributed by atoms with Crippen molar-refractivity contribution in [3.63, 3.8) is 0 Å². The van der Waals surface area contributed by atoms with E-state index < -0.39 is 9.84 Å². The summed E-state index contributed by atoms with van der Waals surface area (Å²) in [5.41, 5.74) is 0. The topological polar surface area (TPSA) is 73.2 Å². The van der Waals surface area contributed by atoms with Crippen LogP contribution in [0.3, 0.4) is 0 Å². The van der Waals surface area contributed by atoms with Crippen LogP contribution in [0.1, 0.15) is 50.5 Å². The summed E-state index contributed by atoms with van der Waals surface area (Å²) >= 11 is 0. The number of nitrogens with one attached hydrogen (secondary N) is 1. The van der Waals surface area contributed by atoms with Crippen molar-refractivity contribution in [2.24, 2.45) is 7.05 Å². The van der Waals surface area contributed by atoms with Gasteiger partial charge < -0.3 is 14.6 Å². The third-order valence-corrected chi connectivity index (χ3v) is 6.76. The molecular weight excluding hydrogens is 314 g/mol. The summed E-state index contributed by atoms with van der Waals surface area (Å²) in [5, 5.41) is 3.48. The molecule has 3 rings (SSSR count). The SMILES string of the molecule is Cn1ccnc1[C@H]1OCCC[C@@H]1N[C@H]1CCC[C@@H](S(C)(=O)=O)C1. The zero-order chi connectivity index (χ0) is 16.4. The van der Waals surface area contributed by atoms with E-state index in [0.717, 1.165) is 44.5 Å². The Morgan fingerprint density at radius 2 is 2.13 bits per heavy atom. The van der Waals surface area contributed by atoms with Gasteiger partial charge in [0.2, 0.25) is 0 Å². The maximum Gasteiger partial charge on any atom is 0.150 e. The molecule has 2 aliphatic rings. The van der Waals surface area contributed by atoms with Crippen LogP contribution in [0, 0.1) is 0 Å². The lowest BCUT2D eigenvalue weighted by molar-refractivity contribution is -0.0215. The smallest absolute Gasteiger partial charge is 0.150 e. The van der Waals surface area contributed by atoms with Crippen LogP contribution in [-0.2, 0) is 21.6 Å². The first-order valence-corrected chi connectivity index (χ1v) is 10.4. The van der Waals surface area contributed by atoms with Crippen LogP contribution in [0.5, 0.6) is 0 Å². The molecule has 1 aromatic heterocycles. The largest absolute Gasteiger partial charge is 0.369 e. The highest BCUT2D eigenvalue weighted by molar-refractivity contribution is 7.91. The van der Waals surface area contributed by atoms with Gasteiger partial charge in [0.05, 0.1) is 5.25 Å². The normalized spacial score (nSPS) is 32.8. The zero-order valence-corrected chi connectivity index (χ0v) is 14.8. The Balaban J connectivity index is 1.69. The van der Waals surface area contributed by atoms with Crippen LogP contribution < -0.4 is 5.32 Å². The first kappa shape index (κ1) is 16.9. The van der Waals surface area contributed by atoms with Gasteiger partial charge in [-0.05, 0) is 32.1 Å². The number of hydrogen-bond acceptors (Lipinski definition) is 5. The van der Waals surface area contributed by atoms with Crippen LogP contribution >= 0.6 is 0 Å². The van der Waals surface area contributed by atoms with Gasteiger partial charge in [0.1, 0.15) is 21.8 Å². The molecule has 1 aromatic rings. The van der Waals surface area contributed by atoms with Gasteiger partial charge in [0.15, 0.2) is 0 Å². The van der Waals surface area contributed by atoms with Crippen molar-refractivity contribution in [3.8, 4) is 0 Å². The molecule has 1 aliphatic carbocycles. The average Bonchev–Trinajstić information content (AvgIpc) is 2.93. The van der Waals surface area contributed by atoms with Crippen molar-refractivity contribution < 1.29 is 13.2 Å². The fraction of sp³-hybridized carbons (Fsp3) is 0.812. The Morgan fingerprint density at radius 1 is 1.30 bits per heavy atom. The van der Waals surface area contributed by atoms with E-state index in [0.29, 0.717) is 6.42 Å². The predicted octanol–water partition coefficient (Wildman–Crippen LogP) is 1.59. The quantitative estimate of drug-likeness (QED) is 0.900. The van der Waals surface area contributed by atoms with Gasteiger partial charge in [0, 0.05) is 44.4 Å². The van der Waals surface area contributed by atoms with E-state index in [1.54, 1.807) is 6.20 Å². The lowest BCUT2D eigenvalue weighted by Gasteiger charge is -2.37. The van der Waals surface area contributed by atoms with Gasteiger partial charge in [-0.25, -0.2) is 13.4 Å². The van der Waals surface area contributed by atoms with Crippen molar-refractivity contribution in [2.45, 2.75) is 62.0 Å². The summed E-state index contributed by atoms with van der Waals surface area (Å²) in [4.78, 5) is 4.44. The summed E-state index contributed by atoms with van der Waals surface area (Å²) in [6, 6.07) is 0.450. The number of nitrogens with zero attached hydrogens (tertiary/aromatic N) is 2. The molecule has 130 valence electrons. The van der Waals surface area contributed by atoms with Crippen molar-refractivity contribution in [1.29, 1.82) is 0 Å². The molecule has 2 heterocycles. The van der Waals surface area contributed by atoms with Crippen LogP contribution in [0.25, 0.3) is 0 Å². The Bertz CT molecular complexity index is 628. The predicted molar refractivity (Wildman–Crippen MR) is 88.9 cm³/mol. The molecule has 6 nitrogen and oxygen atoms in total. The van der Waals surface area contributed by atoms with Gasteiger partial charge in [-0.15, -0.1) is 0 Å². The molecule has 1 N–H and O–H groups in total. The van der Waals surface area contributed by atoms with Gasteiger partial charge in [-0.2, -0.15) is 0 Å². The lowest BCUT2D eigenvalue weighted by Crippen LogP contribution is -2.48. The molecule has 0 aromatic carbocycles. The van der Waals surface area contributed by atoms with E-state index in [4.69, 9.17) is 4.74 Å². The molecule has 1 saturated carbocycles. The second kappa shape index (κ2) is 6.91. The van der Waals surface area contributed by atoms with Crippen LogP contribution in [-0.4, -0.2) is 48.2 Å². The second-order valence-corrected chi connectivity index (χ2v) is 9.24. The molecule has 0 amide bonds. The van der Waals surface area contributed by atoms with Crippen molar-refractivity contribution >= 4 is 9.84 Å². The Kier molecular flexibility index (Phi) is 5.08. The molecule has 1 saturated heterocycles. The molecule has 0 radical (unpaired) electrons. The van der Waals surface area contributed by atoms with Crippen molar-refractivity contribution in [3.05, 3.63) is 18.2 Å². The summed E-state index contributed by atoms with van der Waals surface area (Å²) in [7, 11) is -0.967. The molecule has 23 heavy (non-hydrogen) atoms. The maximum absolute atomic E-state index is 11.9. The van der Waals surface area contributed by atoms with Crippen LogP contribution in [0.15, 0.2) is 12.4 Å². The van der Waals surface area contributed by atoms with E-state index in [1.807, 2.05) is 17.8 Å². The average molecular weight is 341 g/mol. The number of sulfone groups is 1. The van der Waals surface area contributed by atoms with E-state index in [-0.39, 0.29) is 23.4 Å². The number of aromatic nitrogens is 2. The van der Waals surface area contributed by atoms with E-state index in [2.05, 4.69) is 10.3 Å². The first-order chi connectivity index (χ1) is 10.9.